The largest absolute Gasteiger partial charge is 0.507 e. The summed E-state index contributed by atoms with van der Waals surface area (Å²) in [6.45, 7) is 1.69. The third kappa shape index (κ3) is 3.52. The number of Topliss-reactive ketones (excluding diaryl/α,β-unsaturated/α-hetero) is 1. The van der Waals surface area contributed by atoms with E-state index >= 15 is 0 Å². The number of ether oxygens (including phenoxy) is 2. The Bertz CT molecular complexity index is 1160. The van der Waals surface area contributed by atoms with Gasteiger partial charge in [-0.25, -0.2) is 0 Å². The summed E-state index contributed by atoms with van der Waals surface area (Å²) in [6, 6.07) is 14.1. The van der Waals surface area contributed by atoms with Crippen molar-refractivity contribution in [2.24, 2.45) is 0 Å². The zero-order valence-electron chi connectivity index (χ0n) is 17.2. The summed E-state index contributed by atoms with van der Waals surface area (Å²) >= 11 is 0. The fourth-order valence-corrected chi connectivity index (χ4v) is 3.54. The van der Waals surface area contributed by atoms with Crippen molar-refractivity contribution in [1.82, 2.24) is 5.16 Å². The van der Waals surface area contributed by atoms with Crippen LogP contribution in [-0.4, -0.2) is 36.2 Å². The summed E-state index contributed by atoms with van der Waals surface area (Å²) in [6.07, 6.45) is 0. The highest BCUT2D eigenvalue weighted by molar-refractivity contribution is 6.51. The highest BCUT2D eigenvalue weighted by Gasteiger charge is 2.48. The Labute approximate surface area is 178 Å². The number of aliphatic hydroxyl groups excluding tert-OH is 1. The van der Waals surface area contributed by atoms with Gasteiger partial charge in [-0.3, -0.25) is 14.5 Å². The van der Waals surface area contributed by atoms with Gasteiger partial charge in [-0.2, -0.15) is 0 Å². The summed E-state index contributed by atoms with van der Waals surface area (Å²) in [5.41, 5.74) is 0.949. The average Bonchev–Trinajstić information content (AvgIpc) is 3.34. The first-order valence-electron chi connectivity index (χ1n) is 9.47. The monoisotopic (exact) mass is 420 g/mol. The van der Waals surface area contributed by atoms with E-state index in [4.69, 9.17) is 14.0 Å². The number of nitrogens with zero attached hydrogens (tertiary/aromatic N) is 2. The van der Waals surface area contributed by atoms with Crippen LogP contribution in [0.2, 0.25) is 0 Å². The zero-order valence-corrected chi connectivity index (χ0v) is 17.2. The summed E-state index contributed by atoms with van der Waals surface area (Å²) in [5, 5.41) is 15.0. The lowest BCUT2D eigenvalue weighted by atomic mass is 9.95. The minimum Gasteiger partial charge on any atom is -0.507 e. The molecule has 3 aromatic rings. The Morgan fingerprint density at radius 1 is 1.00 bits per heavy atom. The quantitative estimate of drug-likeness (QED) is 0.382. The summed E-state index contributed by atoms with van der Waals surface area (Å²) < 4.78 is 15.5. The Balaban J connectivity index is 1.90. The number of hydrogen-bond donors (Lipinski definition) is 1. The Morgan fingerprint density at radius 3 is 2.10 bits per heavy atom. The van der Waals surface area contributed by atoms with E-state index < -0.39 is 17.7 Å². The van der Waals surface area contributed by atoms with Crippen LogP contribution in [0.25, 0.3) is 5.76 Å². The number of aryl methyl sites for hydroxylation is 1. The molecule has 0 bridgehead atoms. The molecule has 2 heterocycles. The number of ketones is 1. The molecule has 1 aliphatic heterocycles. The summed E-state index contributed by atoms with van der Waals surface area (Å²) in [4.78, 5) is 27.2. The maximum absolute atomic E-state index is 13.0. The maximum atomic E-state index is 13.0. The number of benzene rings is 2. The zero-order chi connectivity index (χ0) is 22.1. The standard InChI is InChI=1S/C23H20N2O6/c1-13-12-18(24-31-13)25-20(14-4-8-16(29-2)9-5-14)19(22(27)23(25)28)21(26)15-6-10-17(30-3)11-7-15/h4-12,20,26H,1-3H3/t20-/m0/s1. The molecule has 1 N–H and O–H groups in total. The van der Waals surface area contributed by atoms with Gasteiger partial charge in [-0.15, -0.1) is 0 Å². The number of hydrogen-bond acceptors (Lipinski definition) is 7. The Kier molecular flexibility index (Phi) is 5.21. The first-order valence-corrected chi connectivity index (χ1v) is 9.47. The highest BCUT2D eigenvalue weighted by Crippen LogP contribution is 2.42. The molecule has 1 atom stereocenters. The SMILES string of the molecule is COc1ccc(C(O)=C2C(=O)C(=O)N(c3cc(C)on3)[C@H]2c2ccc(OC)cc2)cc1. The second-order valence-corrected chi connectivity index (χ2v) is 6.97. The van der Waals surface area contributed by atoms with Gasteiger partial charge in [-0.1, -0.05) is 17.3 Å². The van der Waals surface area contributed by atoms with Gasteiger partial charge >= 0.3 is 5.91 Å². The van der Waals surface area contributed by atoms with Crippen LogP contribution >= 0.6 is 0 Å². The van der Waals surface area contributed by atoms with Crippen LogP contribution in [0.1, 0.15) is 22.9 Å². The normalized spacial score (nSPS) is 17.8. The molecule has 1 amide bonds. The van der Waals surface area contributed by atoms with Crippen LogP contribution in [-0.2, 0) is 9.59 Å². The molecule has 1 aromatic heterocycles. The second-order valence-electron chi connectivity index (χ2n) is 6.97. The molecule has 0 saturated carbocycles. The average molecular weight is 420 g/mol. The molecule has 158 valence electrons. The van der Waals surface area contributed by atoms with Gasteiger partial charge in [0.15, 0.2) is 5.82 Å². The first kappa shape index (κ1) is 20.2. The van der Waals surface area contributed by atoms with Crippen molar-refractivity contribution in [3.8, 4) is 11.5 Å². The Morgan fingerprint density at radius 2 is 1.58 bits per heavy atom. The molecule has 0 aliphatic carbocycles. The second kappa shape index (κ2) is 7.98. The number of carbonyl (C=O) groups excluding carboxylic acids is 2. The number of aromatic nitrogens is 1. The lowest BCUT2D eigenvalue weighted by molar-refractivity contribution is -0.132. The number of methoxy groups -OCH3 is 2. The smallest absolute Gasteiger partial charge is 0.301 e. The van der Waals surface area contributed by atoms with Crippen LogP contribution in [0.5, 0.6) is 11.5 Å². The van der Waals surface area contributed by atoms with Gasteiger partial charge < -0.3 is 19.1 Å². The third-order valence-electron chi connectivity index (χ3n) is 5.10. The van der Waals surface area contributed by atoms with E-state index in [0.29, 0.717) is 28.4 Å². The fraction of sp³-hybridized carbons (Fsp3) is 0.174. The summed E-state index contributed by atoms with van der Waals surface area (Å²) in [5.74, 6) is -0.00634. The van der Waals surface area contributed by atoms with Crippen molar-refractivity contribution < 1.29 is 28.7 Å². The molecule has 31 heavy (non-hydrogen) atoms. The number of anilines is 1. The van der Waals surface area contributed by atoms with Crippen molar-refractivity contribution in [3.63, 3.8) is 0 Å². The first-order chi connectivity index (χ1) is 14.9. The predicted molar refractivity (Wildman–Crippen MR) is 112 cm³/mol. The molecule has 4 rings (SSSR count). The molecular weight excluding hydrogens is 400 g/mol. The van der Waals surface area contributed by atoms with E-state index in [1.807, 2.05) is 0 Å². The molecule has 0 radical (unpaired) electrons. The van der Waals surface area contributed by atoms with Gasteiger partial charge in [0.05, 0.1) is 25.8 Å². The summed E-state index contributed by atoms with van der Waals surface area (Å²) in [7, 11) is 3.08. The van der Waals surface area contributed by atoms with Crippen LogP contribution in [0, 0.1) is 6.92 Å². The van der Waals surface area contributed by atoms with E-state index in [-0.39, 0.29) is 17.2 Å². The third-order valence-corrected chi connectivity index (χ3v) is 5.10. The van der Waals surface area contributed by atoms with E-state index in [2.05, 4.69) is 5.16 Å². The van der Waals surface area contributed by atoms with E-state index in [1.165, 1.54) is 12.0 Å². The van der Waals surface area contributed by atoms with E-state index in [1.54, 1.807) is 68.6 Å². The highest BCUT2D eigenvalue weighted by atomic mass is 16.5. The molecule has 2 aromatic carbocycles. The van der Waals surface area contributed by atoms with Crippen LogP contribution in [0.3, 0.4) is 0 Å². The van der Waals surface area contributed by atoms with E-state index in [9.17, 15) is 14.7 Å². The molecule has 8 nitrogen and oxygen atoms in total. The molecule has 0 spiro atoms. The topological polar surface area (TPSA) is 102 Å². The van der Waals surface area contributed by atoms with Crippen molar-refractivity contribution in [2.75, 3.05) is 19.1 Å². The van der Waals surface area contributed by atoms with Crippen molar-refractivity contribution >= 4 is 23.3 Å². The van der Waals surface area contributed by atoms with Crippen molar-refractivity contribution in [2.45, 2.75) is 13.0 Å². The van der Waals surface area contributed by atoms with Gasteiger partial charge in [0.1, 0.15) is 23.0 Å². The fourth-order valence-electron chi connectivity index (χ4n) is 3.54. The van der Waals surface area contributed by atoms with Crippen LogP contribution < -0.4 is 14.4 Å². The molecule has 1 aliphatic rings. The van der Waals surface area contributed by atoms with Crippen molar-refractivity contribution in [1.29, 1.82) is 0 Å². The molecule has 1 saturated heterocycles. The number of rotatable bonds is 5. The number of aliphatic hydroxyl groups is 1. The van der Waals surface area contributed by atoms with Gasteiger partial charge in [0.25, 0.3) is 5.78 Å². The number of carbonyl (C=O) groups is 2. The van der Waals surface area contributed by atoms with Gasteiger partial charge in [0, 0.05) is 11.6 Å². The number of amides is 1. The minimum absolute atomic E-state index is 0.0408. The predicted octanol–water partition coefficient (Wildman–Crippen LogP) is 3.63. The lowest BCUT2D eigenvalue weighted by Crippen LogP contribution is -2.29. The van der Waals surface area contributed by atoms with Crippen LogP contribution in [0.4, 0.5) is 5.82 Å². The van der Waals surface area contributed by atoms with Crippen molar-refractivity contribution in [3.05, 3.63) is 77.1 Å². The lowest BCUT2D eigenvalue weighted by Gasteiger charge is -2.23. The molecular formula is C23H20N2O6. The van der Waals surface area contributed by atoms with Gasteiger partial charge in [0.2, 0.25) is 0 Å². The maximum Gasteiger partial charge on any atom is 0.301 e. The van der Waals surface area contributed by atoms with E-state index in [0.717, 1.165) is 0 Å². The minimum atomic E-state index is -0.891. The molecule has 1 fully saturated rings. The molecule has 0 unspecified atom stereocenters. The van der Waals surface area contributed by atoms with Gasteiger partial charge in [-0.05, 0) is 48.9 Å². The van der Waals surface area contributed by atoms with Crippen LogP contribution in [0.15, 0.2) is 64.7 Å². The Hall–Kier alpha value is -4.07. The molecule has 8 heteroatoms.